The molecule has 1 N–H and O–H groups in total. The highest BCUT2D eigenvalue weighted by Gasteiger charge is 2.06. The number of thioether (sulfide) groups is 1. The molecule has 0 saturated heterocycles. The van der Waals surface area contributed by atoms with Gasteiger partial charge in [-0.05, 0) is 20.4 Å². The van der Waals surface area contributed by atoms with Gasteiger partial charge < -0.3 is 5.32 Å². The molecule has 0 amide bonds. The van der Waals surface area contributed by atoms with Crippen molar-refractivity contribution in [2.45, 2.75) is 30.6 Å². The Balaban J connectivity index is 2.33. The van der Waals surface area contributed by atoms with E-state index in [0.29, 0.717) is 6.04 Å². The van der Waals surface area contributed by atoms with E-state index in [0.717, 1.165) is 21.5 Å². The minimum absolute atomic E-state index is 0.578. The first kappa shape index (κ1) is 10.9. The largest absolute Gasteiger partial charge is 0.316 e. The van der Waals surface area contributed by atoms with E-state index in [-0.39, 0.29) is 0 Å². The predicted molar refractivity (Wildman–Crippen MR) is 58.5 cm³/mol. The van der Waals surface area contributed by atoms with Crippen molar-refractivity contribution >= 4 is 23.1 Å². The highest BCUT2D eigenvalue weighted by atomic mass is 32.2. The Morgan fingerprint density at radius 1 is 1.54 bits per heavy atom. The number of rotatable bonds is 5. The van der Waals surface area contributed by atoms with Crippen LogP contribution in [-0.4, -0.2) is 29.0 Å². The van der Waals surface area contributed by atoms with Crippen LogP contribution in [0.3, 0.4) is 0 Å². The van der Waals surface area contributed by atoms with Gasteiger partial charge in [-0.1, -0.05) is 30.0 Å². The first-order chi connectivity index (χ1) is 6.26. The minimum Gasteiger partial charge on any atom is -0.316 e. The van der Waals surface area contributed by atoms with Crippen LogP contribution < -0.4 is 5.32 Å². The molecule has 0 spiro atoms. The summed E-state index contributed by atoms with van der Waals surface area (Å²) in [5.41, 5.74) is 0. The summed E-state index contributed by atoms with van der Waals surface area (Å²) >= 11 is 3.44. The van der Waals surface area contributed by atoms with Crippen molar-refractivity contribution in [2.24, 2.45) is 0 Å². The van der Waals surface area contributed by atoms with Gasteiger partial charge in [-0.2, -0.15) is 0 Å². The number of aryl methyl sites for hydroxylation is 1. The predicted octanol–water partition coefficient (Wildman–Crippen LogP) is 1.94. The molecule has 0 aliphatic heterocycles. The van der Waals surface area contributed by atoms with E-state index in [9.17, 15) is 0 Å². The fraction of sp³-hybridized carbons (Fsp3) is 0.750. The van der Waals surface area contributed by atoms with Gasteiger partial charge in [-0.3, -0.25) is 0 Å². The maximum Gasteiger partial charge on any atom is 0.174 e. The first-order valence-electron chi connectivity index (χ1n) is 4.36. The lowest BCUT2D eigenvalue weighted by molar-refractivity contribution is 0.601. The zero-order chi connectivity index (χ0) is 9.68. The van der Waals surface area contributed by atoms with Crippen LogP contribution in [0.15, 0.2) is 4.34 Å². The fourth-order valence-corrected chi connectivity index (χ4v) is 2.98. The Labute approximate surface area is 87.3 Å². The molecular formula is C8H15N3S2. The van der Waals surface area contributed by atoms with E-state index in [1.165, 1.54) is 0 Å². The lowest BCUT2D eigenvalue weighted by Gasteiger charge is -2.10. The molecule has 13 heavy (non-hydrogen) atoms. The third-order valence-electron chi connectivity index (χ3n) is 1.82. The zero-order valence-electron chi connectivity index (χ0n) is 8.20. The number of aromatic nitrogens is 2. The third-order valence-corrected chi connectivity index (χ3v) is 3.95. The van der Waals surface area contributed by atoms with Gasteiger partial charge in [0.15, 0.2) is 4.34 Å². The molecule has 0 saturated carbocycles. The summed E-state index contributed by atoms with van der Waals surface area (Å²) in [7, 11) is 2.00. The molecule has 0 aromatic carbocycles. The highest BCUT2D eigenvalue weighted by Crippen LogP contribution is 2.22. The van der Waals surface area contributed by atoms with Crippen LogP contribution in [0.4, 0.5) is 0 Å². The number of hydrogen-bond acceptors (Lipinski definition) is 5. The first-order valence-corrected chi connectivity index (χ1v) is 6.16. The average Bonchev–Trinajstić information content (AvgIpc) is 2.53. The number of nitrogens with one attached hydrogen (secondary N) is 1. The second-order valence-electron chi connectivity index (χ2n) is 2.79. The zero-order valence-corrected chi connectivity index (χ0v) is 9.84. The molecule has 1 atom stereocenters. The highest BCUT2D eigenvalue weighted by molar-refractivity contribution is 8.01. The molecule has 1 aromatic heterocycles. The van der Waals surface area contributed by atoms with Gasteiger partial charge >= 0.3 is 0 Å². The van der Waals surface area contributed by atoms with Crippen LogP contribution in [0.25, 0.3) is 0 Å². The lowest BCUT2D eigenvalue weighted by Crippen LogP contribution is -2.26. The topological polar surface area (TPSA) is 37.8 Å². The summed E-state index contributed by atoms with van der Waals surface area (Å²) in [6.45, 7) is 4.17. The quantitative estimate of drug-likeness (QED) is 0.765. The Kier molecular flexibility index (Phi) is 4.69. The van der Waals surface area contributed by atoms with Crippen LogP contribution in [-0.2, 0) is 0 Å². The molecule has 0 fully saturated rings. The summed E-state index contributed by atoms with van der Waals surface area (Å²) in [5.74, 6) is 1.07. The van der Waals surface area contributed by atoms with E-state index in [2.05, 4.69) is 22.4 Å². The number of hydrogen-bond donors (Lipinski definition) is 1. The lowest BCUT2D eigenvalue weighted by atomic mass is 10.3. The smallest absolute Gasteiger partial charge is 0.174 e. The second kappa shape index (κ2) is 5.57. The summed E-state index contributed by atoms with van der Waals surface area (Å²) in [5, 5.41) is 12.3. The molecule has 0 bridgehead atoms. The molecule has 0 aliphatic rings. The molecule has 0 aliphatic carbocycles. The summed E-state index contributed by atoms with van der Waals surface area (Å²) in [6, 6.07) is 0.578. The van der Waals surface area contributed by atoms with Crippen molar-refractivity contribution in [1.29, 1.82) is 0 Å². The minimum atomic E-state index is 0.578. The van der Waals surface area contributed by atoms with Crippen molar-refractivity contribution in [3.8, 4) is 0 Å². The van der Waals surface area contributed by atoms with Crippen LogP contribution in [0.1, 0.15) is 18.4 Å². The molecule has 1 unspecified atom stereocenters. The molecule has 1 heterocycles. The van der Waals surface area contributed by atoms with E-state index in [1.54, 1.807) is 23.1 Å². The van der Waals surface area contributed by atoms with Gasteiger partial charge in [-0.15, -0.1) is 10.2 Å². The molecule has 3 nitrogen and oxygen atoms in total. The Bertz CT molecular complexity index is 245. The summed E-state index contributed by atoms with van der Waals surface area (Å²) in [4.78, 5) is 0. The van der Waals surface area contributed by atoms with Crippen LogP contribution in [0.2, 0.25) is 0 Å². The SMILES string of the molecule is CCC(CSc1nnc(C)s1)NC. The molecule has 74 valence electrons. The van der Waals surface area contributed by atoms with Crippen molar-refractivity contribution in [2.75, 3.05) is 12.8 Å². The monoisotopic (exact) mass is 217 g/mol. The van der Waals surface area contributed by atoms with Gasteiger partial charge in [0.05, 0.1) is 0 Å². The van der Waals surface area contributed by atoms with Crippen LogP contribution in [0, 0.1) is 6.92 Å². The van der Waals surface area contributed by atoms with Crippen molar-refractivity contribution < 1.29 is 0 Å². The van der Waals surface area contributed by atoms with Crippen molar-refractivity contribution in [3.05, 3.63) is 5.01 Å². The standard InChI is InChI=1S/C8H15N3S2/c1-4-7(9-3)5-12-8-11-10-6(2)13-8/h7,9H,4-5H2,1-3H3. The van der Waals surface area contributed by atoms with Gasteiger partial charge in [0, 0.05) is 11.8 Å². The van der Waals surface area contributed by atoms with Gasteiger partial charge in [-0.25, -0.2) is 0 Å². The van der Waals surface area contributed by atoms with Gasteiger partial charge in [0.1, 0.15) is 5.01 Å². The van der Waals surface area contributed by atoms with E-state index < -0.39 is 0 Å². The van der Waals surface area contributed by atoms with Crippen molar-refractivity contribution in [3.63, 3.8) is 0 Å². The normalized spacial score (nSPS) is 13.2. The summed E-state index contributed by atoms with van der Waals surface area (Å²) < 4.78 is 1.08. The molecule has 0 radical (unpaired) electrons. The van der Waals surface area contributed by atoms with E-state index >= 15 is 0 Å². The van der Waals surface area contributed by atoms with Crippen LogP contribution in [0.5, 0.6) is 0 Å². The molecule has 1 rings (SSSR count). The average molecular weight is 217 g/mol. The second-order valence-corrected chi connectivity index (χ2v) is 5.24. The van der Waals surface area contributed by atoms with E-state index in [4.69, 9.17) is 0 Å². The Hall–Kier alpha value is -0.130. The molecule has 1 aromatic rings. The maximum atomic E-state index is 4.06. The molecule has 5 heteroatoms. The Morgan fingerprint density at radius 3 is 2.77 bits per heavy atom. The van der Waals surface area contributed by atoms with Gasteiger partial charge in [0.2, 0.25) is 0 Å². The van der Waals surface area contributed by atoms with E-state index in [1.807, 2.05) is 14.0 Å². The van der Waals surface area contributed by atoms with Crippen LogP contribution >= 0.6 is 23.1 Å². The number of nitrogens with zero attached hydrogens (tertiary/aromatic N) is 2. The van der Waals surface area contributed by atoms with Crippen molar-refractivity contribution in [1.82, 2.24) is 15.5 Å². The summed E-state index contributed by atoms with van der Waals surface area (Å²) in [6.07, 6.45) is 1.15. The van der Waals surface area contributed by atoms with Gasteiger partial charge in [0.25, 0.3) is 0 Å². The maximum absolute atomic E-state index is 4.06. The third kappa shape index (κ3) is 3.62. The fourth-order valence-electron chi connectivity index (χ4n) is 0.914. The Morgan fingerprint density at radius 2 is 2.31 bits per heavy atom. The molecular weight excluding hydrogens is 202 g/mol.